The van der Waals surface area contributed by atoms with Gasteiger partial charge in [0, 0.05) is 24.7 Å². The van der Waals surface area contributed by atoms with Crippen LogP contribution < -0.4 is 10.3 Å². The predicted octanol–water partition coefficient (Wildman–Crippen LogP) is 2.70. The molecule has 148 valence electrons. The number of carbonyl (C=O) groups is 1. The molecule has 29 heavy (non-hydrogen) atoms. The molecule has 1 aliphatic rings. The molecule has 2 heterocycles. The quantitative estimate of drug-likeness (QED) is 0.394. The van der Waals surface area contributed by atoms with E-state index in [1.807, 2.05) is 29.2 Å². The minimum atomic E-state index is -0.381. The van der Waals surface area contributed by atoms with Crippen LogP contribution in [-0.2, 0) is 11.3 Å². The molecule has 1 fully saturated rings. The number of carbonyl (C=O) groups excluding carboxylic acids is 1. The lowest BCUT2D eigenvalue weighted by Gasteiger charge is -2.17. The van der Waals surface area contributed by atoms with E-state index in [0.29, 0.717) is 11.3 Å². The highest BCUT2D eigenvalue weighted by atomic mass is 16.6. The number of fused-ring (bicyclic) bond motifs is 1. The molecule has 0 bridgehead atoms. The average molecular weight is 392 g/mol. The van der Waals surface area contributed by atoms with Crippen molar-refractivity contribution in [1.82, 2.24) is 15.0 Å². The van der Waals surface area contributed by atoms with Gasteiger partial charge in [0.1, 0.15) is 12.2 Å². The first-order valence-electron chi connectivity index (χ1n) is 9.37. The van der Waals surface area contributed by atoms with E-state index in [4.69, 9.17) is 0 Å². The Morgan fingerprint density at radius 2 is 2.03 bits per heavy atom. The highest BCUT2D eigenvalue weighted by Crippen LogP contribution is 2.31. The minimum absolute atomic E-state index is 0.0482. The molecular weight excluding hydrogens is 372 g/mol. The molecule has 1 aliphatic heterocycles. The molecule has 0 aliphatic carbocycles. The van der Waals surface area contributed by atoms with Crippen molar-refractivity contribution >= 4 is 34.5 Å². The van der Waals surface area contributed by atoms with Crippen molar-refractivity contribution in [3.63, 3.8) is 0 Å². The van der Waals surface area contributed by atoms with Crippen LogP contribution in [-0.4, -0.2) is 39.7 Å². The van der Waals surface area contributed by atoms with Crippen LogP contribution in [0.15, 0.2) is 53.9 Å². The summed E-state index contributed by atoms with van der Waals surface area (Å²) in [5.41, 5.74) is 5.35. The van der Waals surface area contributed by atoms with Gasteiger partial charge in [0.05, 0.1) is 28.5 Å². The second-order valence-electron chi connectivity index (χ2n) is 6.85. The van der Waals surface area contributed by atoms with Crippen LogP contribution in [0, 0.1) is 10.1 Å². The lowest BCUT2D eigenvalue weighted by Crippen LogP contribution is -2.22. The van der Waals surface area contributed by atoms with Crippen LogP contribution in [0.4, 0.5) is 11.4 Å². The number of benzene rings is 2. The molecule has 1 saturated heterocycles. The van der Waals surface area contributed by atoms with Crippen LogP contribution in [0.1, 0.15) is 18.4 Å². The lowest BCUT2D eigenvalue weighted by molar-refractivity contribution is -0.384. The number of rotatable bonds is 6. The summed E-state index contributed by atoms with van der Waals surface area (Å²) >= 11 is 0. The maximum atomic E-state index is 12.2. The second-order valence-corrected chi connectivity index (χ2v) is 6.85. The molecule has 9 heteroatoms. The number of imidazole rings is 1. The summed E-state index contributed by atoms with van der Waals surface area (Å²) in [6, 6.07) is 12.5. The van der Waals surface area contributed by atoms with Crippen molar-refractivity contribution in [2.45, 2.75) is 19.4 Å². The Morgan fingerprint density at radius 3 is 2.83 bits per heavy atom. The first-order valence-corrected chi connectivity index (χ1v) is 9.37. The zero-order chi connectivity index (χ0) is 20.2. The molecule has 3 aromatic rings. The maximum absolute atomic E-state index is 12.2. The van der Waals surface area contributed by atoms with Crippen LogP contribution in [0.5, 0.6) is 0 Å². The molecule has 4 rings (SSSR count). The van der Waals surface area contributed by atoms with Gasteiger partial charge >= 0.3 is 0 Å². The highest BCUT2D eigenvalue weighted by molar-refractivity contribution is 5.85. The third-order valence-electron chi connectivity index (χ3n) is 4.89. The number of aromatic nitrogens is 2. The Balaban J connectivity index is 1.42. The highest BCUT2D eigenvalue weighted by Gasteiger charge is 2.22. The maximum Gasteiger partial charge on any atom is 0.293 e. The Kier molecular flexibility index (Phi) is 5.19. The standard InChI is InChI=1S/C20H20N6O3/c27-20(13-25-14-21-16-5-1-2-6-17(16)25)23-22-12-15-7-8-18(19(11-15)26(28)29)24-9-3-4-10-24/h1-2,5-8,11-12,14H,3-4,9-10,13H2,(H,23,27)/b22-12-. The van der Waals surface area contributed by atoms with E-state index >= 15 is 0 Å². The van der Waals surface area contributed by atoms with E-state index in [9.17, 15) is 14.9 Å². The Bertz CT molecular complexity index is 1080. The van der Waals surface area contributed by atoms with Gasteiger partial charge < -0.3 is 9.47 Å². The van der Waals surface area contributed by atoms with Gasteiger partial charge in [-0.05, 0) is 31.0 Å². The van der Waals surface area contributed by atoms with Gasteiger partial charge in [0.15, 0.2) is 0 Å². The zero-order valence-corrected chi connectivity index (χ0v) is 15.7. The number of nitrogens with one attached hydrogen (secondary N) is 1. The van der Waals surface area contributed by atoms with E-state index in [0.717, 1.165) is 37.0 Å². The van der Waals surface area contributed by atoms with Gasteiger partial charge in [-0.1, -0.05) is 18.2 Å². The fraction of sp³-hybridized carbons (Fsp3) is 0.250. The molecule has 1 aromatic heterocycles. The normalized spacial score (nSPS) is 14.0. The van der Waals surface area contributed by atoms with Crippen molar-refractivity contribution in [2.24, 2.45) is 5.10 Å². The summed E-state index contributed by atoms with van der Waals surface area (Å²) in [4.78, 5) is 29.5. The van der Waals surface area contributed by atoms with Gasteiger partial charge in [-0.25, -0.2) is 10.4 Å². The number of nitro benzene ring substituents is 1. The number of hydrogen-bond acceptors (Lipinski definition) is 6. The monoisotopic (exact) mass is 392 g/mol. The number of para-hydroxylation sites is 2. The van der Waals surface area contributed by atoms with E-state index in [-0.39, 0.29) is 23.1 Å². The molecule has 1 N–H and O–H groups in total. The molecule has 1 amide bonds. The summed E-state index contributed by atoms with van der Waals surface area (Å²) in [5, 5.41) is 15.4. The van der Waals surface area contributed by atoms with Gasteiger partial charge in [0.2, 0.25) is 0 Å². The molecular formula is C20H20N6O3. The molecule has 0 unspecified atom stereocenters. The summed E-state index contributed by atoms with van der Waals surface area (Å²) in [5.74, 6) is -0.312. The van der Waals surface area contributed by atoms with Crippen molar-refractivity contribution in [3.8, 4) is 0 Å². The first-order chi connectivity index (χ1) is 14.1. The van der Waals surface area contributed by atoms with Crippen LogP contribution in [0.25, 0.3) is 11.0 Å². The third-order valence-corrected chi connectivity index (χ3v) is 4.89. The van der Waals surface area contributed by atoms with Crippen LogP contribution in [0.2, 0.25) is 0 Å². The van der Waals surface area contributed by atoms with Gasteiger partial charge in [-0.2, -0.15) is 5.10 Å². The van der Waals surface area contributed by atoms with Gasteiger partial charge in [0.25, 0.3) is 11.6 Å². The molecule has 2 aromatic carbocycles. The minimum Gasteiger partial charge on any atom is -0.366 e. The fourth-order valence-corrected chi connectivity index (χ4v) is 3.50. The number of hydrazone groups is 1. The summed E-state index contributed by atoms with van der Waals surface area (Å²) < 4.78 is 1.73. The van der Waals surface area contributed by atoms with E-state index in [1.165, 1.54) is 12.3 Å². The number of amides is 1. The van der Waals surface area contributed by atoms with Crippen molar-refractivity contribution in [3.05, 3.63) is 64.5 Å². The SMILES string of the molecule is O=C(Cn1cnc2ccccc21)N/N=C\c1ccc(N2CCCC2)c([N+](=O)[O-])c1. The second kappa shape index (κ2) is 8.09. The Hall–Kier alpha value is -3.75. The summed E-state index contributed by atoms with van der Waals surface area (Å²) in [7, 11) is 0. The molecule has 0 spiro atoms. The molecule has 0 saturated carbocycles. The average Bonchev–Trinajstić information content (AvgIpc) is 3.39. The number of nitro groups is 1. The molecule has 0 atom stereocenters. The first kappa shape index (κ1) is 18.6. The third kappa shape index (κ3) is 4.08. The van der Waals surface area contributed by atoms with Crippen LogP contribution in [0.3, 0.4) is 0 Å². The van der Waals surface area contributed by atoms with Crippen molar-refractivity contribution in [2.75, 3.05) is 18.0 Å². The van der Waals surface area contributed by atoms with E-state index in [2.05, 4.69) is 15.5 Å². The van der Waals surface area contributed by atoms with E-state index in [1.54, 1.807) is 23.0 Å². The largest absolute Gasteiger partial charge is 0.366 e. The summed E-state index contributed by atoms with van der Waals surface area (Å²) in [6.07, 6.45) is 5.09. The molecule has 9 nitrogen and oxygen atoms in total. The fourth-order valence-electron chi connectivity index (χ4n) is 3.50. The van der Waals surface area contributed by atoms with Crippen molar-refractivity contribution in [1.29, 1.82) is 0 Å². The van der Waals surface area contributed by atoms with Gasteiger partial charge in [-0.3, -0.25) is 14.9 Å². The topological polar surface area (TPSA) is 106 Å². The zero-order valence-electron chi connectivity index (χ0n) is 15.7. The molecule has 0 radical (unpaired) electrons. The van der Waals surface area contributed by atoms with Gasteiger partial charge in [-0.15, -0.1) is 0 Å². The Labute approximate surface area is 166 Å². The van der Waals surface area contributed by atoms with Crippen LogP contribution >= 0.6 is 0 Å². The number of anilines is 1. The summed E-state index contributed by atoms with van der Waals surface area (Å²) in [6.45, 7) is 1.73. The lowest BCUT2D eigenvalue weighted by atomic mass is 10.1. The van der Waals surface area contributed by atoms with Crippen molar-refractivity contribution < 1.29 is 9.72 Å². The number of hydrogen-bond donors (Lipinski definition) is 1. The van der Waals surface area contributed by atoms with E-state index < -0.39 is 0 Å². The Morgan fingerprint density at radius 1 is 1.24 bits per heavy atom. The predicted molar refractivity (Wildman–Crippen MR) is 110 cm³/mol. The smallest absolute Gasteiger partial charge is 0.293 e. The number of nitrogens with zero attached hydrogens (tertiary/aromatic N) is 5.